The molecule has 2 atom stereocenters. The van der Waals surface area contributed by atoms with Gasteiger partial charge < -0.3 is 9.47 Å². The van der Waals surface area contributed by atoms with Gasteiger partial charge in [0.05, 0.1) is 5.92 Å². The maximum atomic E-state index is 13.1. The van der Waals surface area contributed by atoms with Crippen LogP contribution in [-0.4, -0.2) is 36.6 Å². The number of halogens is 1. The number of amides is 1. The van der Waals surface area contributed by atoms with Crippen molar-refractivity contribution >= 4 is 29.4 Å². The minimum absolute atomic E-state index is 0.0669. The number of carbonyl (C=O) groups is 3. The minimum atomic E-state index is -1.18. The van der Waals surface area contributed by atoms with Gasteiger partial charge in [-0.1, -0.05) is 63.4 Å². The Balaban J connectivity index is 2.10. The van der Waals surface area contributed by atoms with Crippen LogP contribution in [0.15, 0.2) is 24.3 Å². The van der Waals surface area contributed by atoms with E-state index in [9.17, 15) is 14.4 Å². The molecule has 172 valence electrons. The Kier molecular flexibility index (Phi) is 9.35. The number of carbonyl (C=O) groups excluding carboxylic acids is 3. The summed E-state index contributed by atoms with van der Waals surface area (Å²) in [7, 11) is 1.54. The second-order valence-electron chi connectivity index (χ2n) is 8.51. The average molecular weight is 452 g/mol. The predicted octanol–water partition coefficient (Wildman–Crippen LogP) is 5.71. The van der Waals surface area contributed by atoms with Crippen LogP contribution in [0.1, 0.15) is 71.3 Å². The van der Waals surface area contributed by atoms with E-state index in [1.165, 1.54) is 11.9 Å². The molecule has 1 saturated carbocycles. The van der Waals surface area contributed by atoms with Crippen molar-refractivity contribution < 1.29 is 23.9 Å². The summed E-state index contributed by atoms with van der Waals surface area (Å²) in [5.74, 6) is -0.525. The van der Waals surface area contributed by atoms with Gasteiger partial charge in [-0.25, -0.2) is 4.79 Å². The number of esters is 1. The number of ether oxygens (including phenoxy) is 2. The van der Waals surface area contributed by atoms with Crippen LogP contribution in [0.25, 0.3) is 0 Å². The first-order chi connectivity index (χ1) is 14.8. The van der Waals surface area contributed by atoms with Crippen LogP contribution in [0.3, 0.4) is 0 Å². The molecular formula is C24H34ClNO5. The second kappa shape index (κ2) is 11.5. The van der Waals surface area contributed by atoms with Crippen LogP contribution in [0, 0.1) is 11.8 Å². The number of rotatable bonds is 9. The Labute approximate surface area is 190 Å². The van der Waals surface area contributed by atoms with E-state index in [0.29, 0.717) is 23.4 Å². The van der Waals surface area contributed by atoms with E-state index in [1.807, 2.05) is 13.8 Å². The Morgan fingerprint density at radius 2 is 1.90 bits per heavy atom. The van der Waals surface area contributed by atoms with Crippen LogP contribution >= 0.6 is 11.6 Å². The molecule has 1 aliphatic carbocycles. The lowest BCUT2D eigenvalue weighted by molar-refractivity contribution is -0.160. The number of hydrogen-bond acceptors (Lipinski definition) is 5. The largest absolute Gasteiger partial charge is 0.428 e. The molecule has 0 heterocycles. The number of nitrogens with zero attached hydrogens (tertiary/aromatic N) is 1. The number of likely N-dealkylation sites (N-methyl/N-ethyl adjacent to an activating group) is 1. The van der Waals surface area contributed by atoms with E-state index < -0.39 is 18.4 Å². The molecule has 2 rings (SSSR count). The van der Waals surface area contributed by atoms with Crippen LogP contribution < -0.4 is 0 Å². The van der Waals surface area contributed by atoms with Gasteiger partial charge in [-0.3, -0.25) is 14.5 Å². The zero-order valence-corrected chi connectivity index (χ0v) is 19.7. The summed E-state index contributed by atoms with van der Waals surface area (Å²) in [5, 5.41) is 0.430. The van der Waals surface area contributed by atoms with Crippen molar-refractivity contribution in [2.45, 2.75) is 71.3 Å². The van der Waals surface area contributed by atoms with Gasteiger partial charge in [0.25, 0.3) is 0 Å². The first kappa shape index (κ1) is 25.2. The highest BCUT2D eigenvalue weighted by molar-refractivity contribution is 6.31. The van der Waals surface area contributed by atoms with Crippen molar-refractivity contribution in [3.05, 3.63) is 34.9 Å². The highest BCUT2D eigenvalue weighted by atomic mass is 35.5. The van der Waals surface area contributed by atoms with Gasteiger partial charge in [-0.15, -0.1) is 0 Å². The highest BCUT2D eigenvalue weighted by Crippen LogP contribution is 2.42. The fraction of sp³-hybridized carbons (Fsp3) is 0.625. The molecule has 0 unspecified atom stereocenters. The first-order valence-electron chi connectivity index (χ1n) is 11.1. The third-order valence-electron chi connectivity index (χ3n) is 6.18. The fourth-order valence-electron chi connectivity index (χ4n) is 4.27. The standard InChI is InChI=1S/C24H34ClNO5/c1-5-6-11-18(17(2)3)22(28)30-16-31-23(29)26(4)24(15-10-9-14-21(24)27)19-12-7-8-13-20(19)25/h7-8,12-13,17-18H,5-6,9-11,14-16H2,1-4H3/t18-,24-/m0/s1. The van der Waals surface area contributed by atoms with Crippen LogP contribution in [-0.2, 0) is 24.6 Å². The third-order valence-corrected chi connectivity index (χ3v) is 6.51. The van der Waals surface area contributed by atoms with Crippen LogP contribution in [0.5, 0.6) is 0 Å². The van der Waals surface area contributed by atoms with Crippen molar-refractivity contribution in [2.75, 3.05) is 13.8 Å². The molecule has 0 aromatic heterocycles. The molecular weight excluding hydrogens is 418 g/mol. The van der Waals surface area contributed by atoms with Crippen molar-refractivity contribution in [3.8, 4) is 0 Å². The third kappa shape index (κ3) is 5.79. The molecule has 0 N–H and O–H groups in total. The van der Waals surface area contributed by atoms with Gasteiger partial charge in [-0.05, 0) is 37.7 Å². The van der Waals surface area contributed by atoms with E-state index in [-0.39, 0.29) is 23.6 Å². The monoisotopic (exact) mass is 451 g/mol. The van der Waals surface area contributed by atoms with Gasteiger partial charge in [0.1, 0.15) is 5.54 Å². The number of hydrogen-bond donors (Lipinski definition) is 0. The predicted molar refractivity (Wildman–Crippen MR) is 120 cm³/mol. The quantitative estimate of drug-likeness (QED) is 0.355. The number of benzene rings is 1. The summed E-state index contributed by atoms with van der Waals surface area (Å²) >= 11 is 6.41. The van der Waals surface area contributed by atoms with Crippen molar-refractivity contribution in [2.24, 2.45) is 11.8 Å². The SMILES string of the molecule is CCCC[C@H](C(=O)OCOC(=O)N(C)[C@]1(c2ccccc2Cl)CCCCC1=O)C(C)C. The van der Waals surface area contributed by atoms with Gasteiger partial charge in [0, 0.05) is 24.1 Å². The lowest BCUT2D eigenvalue weighted by Gasteiger charge is -2.43. The number of ketones is 1. The van der Waals surface area contributed by atoms with Crippen molar-refractivity contribution in [3.63, 3.8) is 0 Å². The molecule has 1 aromatic rings. The summed E-state index contributed by atoms with van der Waals surface area (Å²) in [6, 6.07) is 7.07. The van der Waals surface area contributed by atoms with E-state index in [0.717, 1.165) is 32.1 Å². The lowest BCUT2D eigenvalue weighted by atomic mass is 9.74. The summed E-state index contributed by atoms with van der Waals surface area (Å²) in [6.07, 6.45) is 4.34. The summed E-state index contributed by atoms with van der Waals surface area (Å²) in [4.78, 5) is 39.7. The van der Waals surface area contributed by atoms with Gasteiger partial charge in [-0.2, -0.15) is 0 Å². The molecule has 7 heteroatoms. The molecule has 1 amide bonds. The second-order valence-corrected chi connectivity index (χ2v) is 8.92. The zero-order valence-electron chi connectivity index (χ0n) is 19.0. The van der Waals surface area contributed by atoms with E-state index in [4.69, 9.17) is 21.1 Å². The normalized spacial score (nSPS) is 19.7. The fourth-order valence-corrected chi connectivity index (χ4v) is 4.57. The molecule has 1 aliphatic rings. The van der Waals surface area contributed by atoms with E-state index >= 15 is 0 Å². The smallest absolute Gasteiger partial charge is 0.413 e. The van der Waals surface area contributed by atoms with Gasteiger partial charge in [0.15, 0.2) is 5.78 Å². The van der Waals surface area contributed by atoms with Crippen LogP contribution in [0.2, 0.25) is 5.02 Å². The zero-order chi connectivity index (χ0) is 23.0. The molecule has 0 radical (unpaired) electrons. The molecule has 1 aromatic carbocycles. The topological polar surface area (TPSA) is 72.9 Å². The maximum Gasteiger partial charge on any atom is 0.413 e. The lowest BCUT2D eigenvalue weighted by Crippen LogP contribution is -2.54. The Morgan fingerprint density at radius 1 is 1.19 bits per heavy atom. The Hall–Kier alpha value is -2.08. The number of unbranched alkanes of at least 4 members (excludes halogenated alkanes) is 1. The molecule has 1 fully saturated rings. The first-order valence-corrected chi connectivity index (χ1v) is 11.5. The van der Waals surface area contributed by atoms with Crippen LogP contribution in [0.4, 0.5) is 4.79 Å². The minimum Gasteiger partial charge on any atom is -0.428 e. The van der Waals surface area contributed by atoms with Crippen molar-refractivity contribution in [1.82, 2.24) is 4.90 Å². The van der Waals surface area contributed by atoms with Crippen molar-refractivity contribution in [1.29, 1.82) is 0 Å². The van der Waals surface area contributed by atoms with E-state index in [1.54, 1.807) is 24.3 Å². The highest BCUT2D eigenvalue weighted by Gasteiger charge is 2.48. The van der Waals surface area contributed by atoms with Gasteiger partial charge >= 0.3 is 12.1 Å². The number of Topliss-reactive ketones (excluding diaryl/α,β-unsaturated/α-hetero) is 1. The molecule has 0 bridgehead atoms. The molecule has 31 heavy (non-hydrogen) atoms. The van der Waals surface area contributed by atoms with E-state index in [2.05, 4.69) is 6.92 Å². The Bertz CT molecular complexity index is 781. The summed E-state index contributed by atoms with van der Waals surface area (Å²) < 4.78 is 10.5. The average Bonchev–Trinajstić information content (AvgIpc) is 2.74. The Morgan fingerprint density at radius 3 is 2.52 bits per heavy atom. The molecule has 0 spiro atoms. The molecule has 0 aliphatic heterocycles. The summed E-state index contributed by atoms with van der Waals surface area (Å²) in [5.41, 5.74) is -0.587. The maximum absolute atomic E-state index is 13.1. The summed E-state index contributed by atoms with van der Waals surface area (Å²) in [6.45, 7) is 5.54. The van der Waals surface area contributed by atoms with Gasteiger partial charge in [0.2, 0.25) is 6.79 Å². The molecule has 6 nitrogen and oxygen atoms in total. The molecule has 0 saturated heterocycles.